The number of hydrogen-bond donors (Lipinski definition) is 1. The van der Waals surface area contributed by atoms with Crippen LogP contribution in [0.5, 0.6) is 0 Å². The zero-order valence-corrected chi connectivity index (χ0v) is 19.3. The van der Waals surface area contributed by atoms with Crippen LogP contribution >= 0.6 is 0 Å². The quantitative estimate of drug-likeness (QED) is 0.301. The smallest absolute Gasteiger partial charge is 0.261 e. The number of amides is 3. The highest BCUT2D eigenvalue weighted by Gasteiger charge is 2.34. The van der Waals surface area contributed by atoms with Crippen LogP contribution in [0.15, 0.2) is 66.9 Å². The second-order valence-electron chi connectivity index (χ2n) is 8.46. The lowest BCUT2D eigenvalue weighted by Crippen LogP contribution is -2.30. The first-order chi connectivity index (χ1) is 17.6. The molecule has 3 amide bonds. The molecular weight excluding hydrogens is 456 g/mol. The molecule has 0 radical (unpaired) electrons. The number of rotatable bonds is 8. The maximum Gasteiger partial charge on any atom is 0.261 e. The van der Waals surface area contributed by atoms with Gasteiger partial charge in [-0.3, -0.25) is 19.3 Å². The number of para-hydroxylation sites is 1. The Kier molecular flexibility index (Phi) is 6.24. The number of aromatic nitrogens is 3. The third-order valence-corrected chi connectivity index (χ3v) is 6.11. The van der Waals surface area contributed by atoms with Crippen LogP contribution in [0.3, 0.4) is 0 Å². The van der Waals surface area contributed by atoms with E-state index in [9.17, 15) is 19.6 Å². The molecule has 1 N–H and O–H groups in total. The van der Waals surface area contributed by atoms with Crippen LogP contribution in [0.2, 0.25) is 0 Å². The van der Waals surface area contributed by atoms with Crippen LogP contribution in [0.4, 0.5) is 5.82 Å². The van der Waals surface area contributed by atoms with Gasteiger partial charge in [-0.25, -0.2) is 4.98 Å². The molecule has 1 aliphatic rings. The van der Waals surface area contributed by atoms with E-state index in [1.807, 2.05) is 30.3 Å². The summed E-state index contributed by atoms with van der Waals surface area (Å²) in [5.41, 5.74) is 1.89. The maximum absolute atomic E-state index is 12.6. The number of unbranched alkanes of at least 4 members (excludes halogenated alkanes) is 2. The summed E-state index contributed by atoms with van der Waals surface area (Å²) in [6, 6.07) is 20.2. The van der Waals surface area contributed by atoms with E-state index in [4.69, 9.17) is 0 Å². The predicted octanol–water partition coefficient (Wildman–Crippen LogP) is 4.09. The fraction of sp³-hybridized carbons (Fsp3) is 0.185. The third kappa shape index (κ3) is 4.32. The van der Waals surface area contributed by atoms with Crippen LogP contribution in [-0.4, -0.2) is 43.9 Å². The van der Waals surface area contributed by atoms with Crippen molar-refractivity contribution >= 4 is 34.4 Å². The molecule has 178 valence electrons. The number of benzene rings is 2. The SMILES string of the molecule is N#Cc1cnn(-c2ccc3ccccc3n2)c1NC(=O)CCCCCN1C(=O)c2ccccc2C1=O. The molecule has 0 unspecified atom stereocenters. The summed E-state index contributed by atoms with van der Waals surface area (Å²) in [5.74, 6) is -0.0293. The Hall–Kier alpha value is -4.84. The molecule has 1 aliphatic heterocycles. The molecule has 4 aromatic rings. The highest BCUT2D eigenvalue weighted by atomic mass is 16.2. The summed E-state index contributed by atoms with van der Waals surface area (Å²) in [4.78, 5) is 43.4. The first-order valence-electron chi connectivity index (χ1n) is 11.7. The average molecular weight is 479 g/mol. The summed E-state index contributed by atoms with van der Waals surface area (Å²) in [7, 11) is 0. The van der Waals surface area contributed by atoms with Gasteiger partial charge in [-0.1, -0.05) is 36.8 Å². The molecule has 0 atom stereocenters. The minimum atomic E-state index is -0.270. The van der Waals surface area contributed by atoms with Gasteiger partial charge in [0.25, 0.3) is 11.8 Å². The number of hydrogen-bond acceptors (Lipinski definition) is 6. The number of nitriles is 1. The fourth-order valence-corrected chi connectivity index (χ4v) is 4.27. The van der Waals surface area contributed by atoms with Gasteiger partial charge >= 0.3 is 0 Å². The van der Waals surface area contributed by atoms with E-state index in [1.165, 1.54) is 15.8 Å². The summed E-state index contributed by atoms with van der Waals surface area (Å²) >= 11 is 0. The van der Waals surface area contributed by atoms with Gasteiger partial charge in [0, 0.05) is 18.4 Å². The molecule has 0 saturated carbocycles. The first kappa shape index (κ1) is 22.9. The molecule has 2 aromatic carbocycles. The Balaban J connectivity index is 1.17. The molecule has 5 rings (SSSR count). The van der Waals surface area contributed by atoms with Crippen molar-refractivity contribution in [3.8, 4) is 11.9 Å². The Morgan fingerprint density at radius 1 is 0.917 bits per heavy atom. The van der Waals surface area contributed by atoms with Gasteiger partial charge in [0.15, 0.2) is 11.6 Å². The molecule has 0 bridgehead atoms. The highest BCUT2D eigenvalue weighted by Crippen LogP contribution is 2.24. The Morgan fingerprint density at radius 3 is 2.39 bits per heavy atom. The van der Waals surface area contributed by atoms with E-state index in [1.54, 1.807) is 30.3 Å². The molecule has 2 aromatic heterocycles. The number of carbonyl (C=O) groups excluding carboxylic acids is 3. The van der Waals surface area contributed by atoms with Crippen molar-refractivity contribution in [3.05, 3.63) is 83.6 Å². The lowest BCUT2D eigenvalue weighted by molar-refractivity contribution is -0.116. The zero-order valence-electron chi connectivity index (χ0n) is 19.3. The summed E-state index contributed by atoms with van der Waals surface area (Å²) in [5, 5.41) is 17.5. The van der Waals surface area contributed by atoms with Crippen LogP contribution in [0.1, 0.15) is 52.0 Å². The van der Waals surface area contributed by atoms with Crippen molar-refractivity contribution in [1.29, 1.82) is 5.26 Å². The molecule has 9 nitrogen and oxygen atoms in total. The van der Waals surface area contributed by atoms with Crippen molar-refractivity contribution in [2.45, 2.75) is 25.7 Å². The summed E-state index contributed by atoms with van der Waals surface area (Å²) < 4.78 is 1.45. The Bertz CT molecular complexity index is 1500. The number of nitrogens with one attached hydrogen (secondary N) is 1. The standard InChI is InChI=1S/C27H22N6O3/c28-16-19-17-29-33(23-14-13-18-8-3-6-11-22(18)30-23)25(19)31-24(34)12-2-1-7-15-32-26(35)20-9-4-5-10-21(20)27(32)36/h3-6,8-11,13-14,17H,1-2,7,12,15H2,(H,31,34). The normalized spacial score (nSPS) is 12.6. The number of carbonyl (C=O) groups is 3. The molecule has 0 spiro atoms. The van der Waals surface area contributed by atoms with Crippen molar-refractivity contribution in [2.24, 2.45) is 0 Å². The van der Waals surface area contributed by atoms with Gasteiger partial charge in [-0.15, -0.1) is 0 Å². The van der Waals surface area contributed by atoms with Crippen LogP contribution < -0.4 is 5.32 Å². The van der Waals surface area contributed by atoms with Gasteiger partial charge in [-0.2, -0.15) is 15.0 Å². The number of nitrogens with zero attached hydrogens (tertiary/aromatic N) is 5. The topological polar surface area (TPSA) is 121 Å². The van der Waals surface area contributed by atoms with Gasteiger partial charge < -0.3 is 5.32 Å². The minimum Gasteiger partial charge on any atom is -0.309 e. The monoisotopic (exact) mass is 478 g/mol. The van der Waals surface area contributed by atoms with Gasteiger partial charge in [0.05, 0.1) is 22.8 Å². The van der Waals surface area contributed by atoms with Crippen molar-refractivity contribution in [1.82, 2.24) is 19.7 Å². The zero-order chi connectivity index (χ0) is 25.1. The van der Waals surface area contributed by atoms with Crippen molar-refractivity contribution in [2.75, 3.05) is 11.9 Å². The molecule has 0 aliphatic carbocycles. The van der Waals surface area contributed by atoms with E-state index < -0.39 is 0 Å². The van der Waals surface area contributed by atoms with Crippen molar-refractivity contribution in [3.63, 3.8) is 0 Å². The summed E-state index contributed by atoms with van der Waals surface area (Å²) in [6.45, 7) is 0.312. The minimum absolute atomic E-state index is 0.226. The predicted molar refractivity (Wildman–Crippen MR) is 132 cm³/mol. The lowest BCUT2D eigenvalue weighted by atomic mass is 10.1. The number of fused-ring (bicyclic) bond motifs is 2. The second-order valence-corrected chi connectivity index (χ2v) is 8.46. The average Bonchev–Trinajstić information content (AvgIpc) is 3.42. The largest absolute Gasteiger partial charge is 0.309 e. The Labute approximate surface area is 207 Å². The molecule has 9 heteroatoms. The highest BCUT2D eigenvalue weighted by molar-refractivity contribution is 6.21. The molecule has 3 heterocycles. The first-order valence-corrected chi connectivity index (χ1v) is 11.7. The van der Waals surface area contributed by atoms with Crippen LogP contribution in [-0.2, 0) is 4.79 Å². The second kappa shape index (κ2) is 9.80. The molecule has 0 saturated heterocycles. The van der Waals surface area contributed by atoms with Crippen LogP contribution in [0.25, 0.3) is 16.7 Å². The lowest BCUT2D eigenvalue weighted by Gasteiger charge is -2.13. The number of pyridine rings is 1. The van der Waals surface area contributed by atoms with Crippen LogP contribution in [0, 0.1) is 11.3 Å². The van der Waals surface area contributed by atoms with E-state index >= 15 is 0 Å². The van der Waals surface area contributed by atoms with Crippen molar-refractivity contribution < 1.29 is 14.4 Å². The van der Waals surface area contributed by atoms with Gasteiger partial charge in [0.1, 0.15) is 11.6 Å². The fourth-order valence-electron chi connectivity index (χ4n) is 4.27. The maximum atomic E-state index is 12.6. The Morgan fingerprint density at radius 2 is 1.64 bits per heavy atom. The number of anilines is 1. The van der Waals surface area contributed by atoms with E-state index in [0.717, 1.165) is 10.9 Å². The van der Waals surface area contributed by atoms with Gasteiger partial charge in [0.2, 0.25) is 5.91 Å². The third-order valence-electron chi connectivity index (χ3n) is 6.11. The molecule has 0 fully saturated rings. The van der Waals surface area contributed by atoms with E-state index in [-0.39, 0.29) is 35.5 Å². The molecular formula is C27H22N6O3. The number of imide groups is 1. The summed E-state index contributed by atoms with van der Waals surface area (Å²) in [6.07, 6.45) is 3.45. The molecule has 36 heavy (non-hydrogen) atoms. The van der Waals surface area contributed by atoms with E-state index in [0.29, 0.717) is 42.8 Å². The van der Waals surface area contributed by atoms with Gasteiger partial charge in [-0.05, 0) is 43.2 Å². The van der Waals surface area contributed by atoms with E-state index in [2.05, 4.69) is 21.5 Å².